The highest BCUT2D eigenvalue weighted by Gasteiger charge is 2.19. The van der Waals surface area contributed by atoms with E-state index in [1.54, 1.807) is 24.5 Å². The zero-order chi connectivity index (χ0) is 22.5. The van der Waals surface area contributed by atoms with Gasteiger partial charge in [0.25, 0.3) is 5.91 Å². The number of nitrogens with one attached hydrogen (secondary N) is 1. The molecule has 0 spiro atoms. The molecule has 1 N–H and O–H groups in total. The van der Waals surface area contributed by atoms with E-state index < -0.39 is 0 Å². The number of hydrogen-bond donors (Lipinski definition) is 1. The average Bonchev–Trinajstić information content (AvgIpc) is 3.18. The van der Waals surface area contributed by atoms with Crippen molar-refractivity contribution < 1.29 is 9.53 Å². The Morgan fingerprint density at radius 2 is 1.72 bits per heavy atom. The number of carbonyl (C=O) groups is 1. The summed E-state index contributed by atoms with van der Waals surface area (Å²) >= 11 is 0. The second-order valence-corrected chi connectivity index (χ2v) is 8.08. The normalized spacial score (nSPS) is 12.1. The predicted octanol–water partition coefficient (Wildman–Crippen LogP) is 5.12. The quantitative estimate of drug-likeness (QED) is 0.423. The lowest BCUT2D eigenvalue weighted by atomic mass is 10.0. The Balaban J connectivity index is 1.55. The summed E-state index contributed by atoms with van der Waals surface area (Å²) in [5.74, 6) is 1.95. The SMILES string of the molecule is CC(C)c1ccccc1OCCn1c(C(C)NC(=O)c2ccncc2)nc2ccccc21. The Bertz CT molecular complexity index is 1200. The largest absolute Gasteiger partial charge is 0.491 e. The minimum absolute atomic E-state index is 0.152. The number of imidazole rings is 1. The molecule has 4 aromatic rings. The maximum Gasteiger partial charge on any atom is 0.251 e. The fourth-order valence-corrected chi connectivity index (χ4v) is 3.84. The van der Waals surface area contributed by atoms with E-state index in [2.05, 4.69) is 34.8 Å². The Hall–Kier alpha value is -3.67. The number of pyridine rings is 1. The second-order valence-electron chi connectivity index (χ2n) is 8.08. The Kier molecular flexibility index (Phi) is 6.50. The molecule has 32 heavy (non-hydrogen) atoms. The standard InChI is InChI=1S/C26H28N4O2/c1-18(2)21-8-4-7-11-24(21)32-17-16-30-23-10-6-5-9-22(23)29-25(30)19(3)28-26(31)20-12-14-27-15-13-20/h4-15,18-19H,16-17H2,1-3H3,(H,28,31). The summed E-state index contributed by atoms with van der Waals surface area (Å²) in [6.45, 7) is 7.40. The second kappa shape index (κ2) is 9.64. The maximum atomic E-state index is 12.7. The number of ether oxygens (including phenoxy) is 1. The summed E-state index contributed by atoms with van der Waals surface area (Å²) in [5.41, 5.74) is 3.69. The molecule has 1 amide bonds. The van der Waals surface area contributed by atoms with Crippen LogP contribution < -0.4 is 10.1 Å². The highest BCUT2D eigenvalue weighted by atomic mass is 16.5. The van der Waals surface area contributed by atoms with Crippen molar-refractivity contribution in [1.82, 2.24) is 19.9 Å². The molecule has 164 valence electrons. The van der Waals surface area contributed by atoms with Gasteiger partial charge < -0.3 is 14.6 Å². The van der Waals surface area contributed by atoms with Crippen molar-refractivity contribution in [2.45, 2.75) is 39.3 Å². The first-order valence-electron chi connectivity index (χ1n) is 10.9. The van der Waals surface area contributed by atoms with Gasteiger partial charge in [0.05, 0.1) is 23.6 Å². The van der Waals surface area contributed by atoms with Crippen molar-refractivity contribution in [2.24, 2.45) is 0 Å². The number of rotatable bonds is 8. The highest BCUT2D eigenvalue weighted by Crippen LogP contribution is 2.26. The van der Waals surface area contributed by atoms with E-state index in [-0.39, 0.29) is 11.9 Å². The van der Waals surface area contributed by atoms with Gasteiger partial charge in [-0.15, -0.1) is 0 Å². The molecule has 0 radical (unpaired) electrons. The number of amides is 1. The number of benzene rings is 2. The lowest BCUT2D eigenvalue weighted by Gasteiger charge is -2.18. The summed E-state index contributed by atoms with van der Waals surface area (Å²) in [6.07, 6.45) is 3.22. The molecule has 0 fully saturated rings. The molecule has 2 aromatic carbocycles. The van der Waals surface area contributed by atoms with Crippen molar-refractivity contribution in [3.63, 3.8) is 0 Å². The number of aromatic nitrogens is 3. The highest BCUT2D eigenvalue weighted by molar-refractivity contribution is 5.94. The zero-order valence-electron chi connectivity index (χ0n) is 18.7. The Morgan fingerprint density at radius 1 is 1.00 bits per heavy atom. The third-order valence-electron chi connectivity index (χ3n) is 5.47. The van der Waals surface area contributed by atoms with Crippen molar-refractivity contribution in [2.75, 3.05) is 6.61 Å². The van der Waals surface area contributed by atoms with E-state index in [4.69, 9.17) is 9.72 Å². The third-order valence-corrected chi connectivity index (χ3v) is 5.47. The molecule has 6 heteroatoms. The fraction of sp³-hybridized carbons (Fsp3) is 0.269. The lowest BCUT2D eigenvalue weighted by Crippen LogP contribution is -2.29. The molecule has 6 nitrogen and oxygen atoms in total. The molecular formula is C26H28N4O2. The lowest BCUT2D eigenvalue weighted by molar-refractivity contribution is 0.0937. The maximum absolute atomic E-state index is 12.7. The molecule has 2 heterocycles. The number of carbonyl (C=O) groups excluding carboxylic acids is 1. The van der Waals surface area contributed by atoms with E-state index in [1.807, 2.05) is 49.4 Å². The fourth-order valence-electron chi connectivity index (χ4n) is 3.84. The van der Waals surface area contributed by atoms with Crippen LogP contribution in [0.25, 0.3) is 11.0 Å². The van der Waals surface area contributed by atoms with Crippen LogP contribution in [-0.4, -0.2) is 27.0 Å². The van der Waals surface area contributed by atoms with Gasteiger partial charge in [0.15, 0.2) is 0 Å². The molecule has 0 aliphatic heterocycles. The van der Waals surface area contributed by atoms with Crippen molar-refractivity contribution in [1.29, 1.82) is 0 Å². The summed E-state index contributed by atoms with van der Waals surface area (Å²) in [7, 11) is 0. The Labute approximate surface area is 188 Å². The molecular weight excluding hydrogens is 400 g/mol. The van der Waals surface area contributed by atoms with Crippen LogP contribution in [0.1, 0.15) is 54.5 Å². The summed E-state index contributed by atoms with van der Waals surface area (Å²) in [4.78, 5) is 21.4. The number of fused-ring (bicyclic) bond motifs is 1. The molecule has 1 atom stereocenters. The first-order valence-corrected chi connectivity index (χ1v) is 10.9. The van der Waals surface area contributed by atoms with Gasteiger partial charge in [0.1, 0.15) is 18.2 Å². The topological polar surface area (TPSA) is 69.0 Å². The van der Waals surface area contributed by atoms with Gasteiger partial charge in [-0.05, 0) is 48.7 Å². The molecule has 0 saturated carbocycles. The van der Waals surface area contributed by atoms with Gasteiger partial charge in [0, 0.05) is 18.0 Å². The predicted molar refractivity (Wildman–Crippen MR) is 126 cm³/mol. The number of para-hydroxylation sites is 3. The van der Waals surface area contributed by atoms with E-state index in [0.29, 0.717) is 24.6 Å². The molecule has 0 aliphatic carbocycles. The van der Waals surface area contributed by atoms with E-state index in [9.17, 15) is 4.79 Å². The third kappa shape index (κ3) is 4.64. The molecule has 2 aromatic heterocycles. The van der Waals surface area contributed by atoms with Crippen LogP contribution >= 0.6 is 0 Å². The molecule has 0 aliphatic rings. The molecule has 4 rings (SSSR count). The first-order chi connectivity index (χ1) is 15.5. The van der Waals surface area contributed by atoms with Crippen LogP contribution in [-0.2, 0) is 6.54 Å². The summed E-state index contributed by atoms with van der Waals surface area (Å²) in [5, 5.41) is 3.06. The van der Waals surface area contributed by atoms with Gasteiger partial charge in [-0.1, -0.05) is 44.2 Å². The Morgan fingerprint density at radius 3 is 2.50 bits per heavy atom. The first kappa shape index (κ1) is 21.6. The minimum atomic E-state index is -0.272. The smallest absolute Gasteiger partial charge is 0.251 e. The van der Waals surface area contributed by atoms with E-state index in [0.717, 1.165) is 22.6 Å². The van der Waals surface area contributed by atoms with Gasteiger partial charge >= 0.3 is 0 Å². The molecule has 0 bridgehead atoms. The van der Waals surface area contributed by atoms with Crippen LogP contribution in [0.3, 0.4) is 0 Å². The van der Waals surface area contributed by atoms with Gasteiger partial charge in [-0.25, -0.2) is 4.98 Å². The van der Waals surface area contributed by atoms with Gasteiger partial charge in [-0.3, -0.25) is 9.78 Å². The van der Waals surface area contributed by atoms with Gasteiger partial charge in [0.2, 0.25) is 0 Å². The van der Waals surface area contributed by atoms with Crippen LogP contribution in [0.4, 0.5) is 0 Å². The van der Waals surface area contributed by atoms with E-state index in [1.165, 1.54) is 5.56 Å². The van der Waals surface area contributed by atoms with Gasteiger partial charge in [-0.2, -0.15) is 0 Å². The molecule has 1 unspecified atom stereocenters. The average molecular weight is 429 g/mol. The summed E-state index contributed by atoms with van der Waals surface area (Å²) in [6, 6.07) is 19.3. The van der Waals surface area contributed by atoms with Crippen molar-refractivity contribution in [3.8, 4) is 5.75 Å². The monoisotopic (exact) mass is 428 g/mol. The van der Waals surface area contributed by atoms with Crippen LogP contribution in [0.2, 0.25) is 0 Å². The van der Waals surface area contributed by atoms with Crippen LogP contribution in [0.15, 0.2) is 73.1 Å². The van der Waals surface area contributed by atoms with Crippen molar-refractivity contribution >= 4 is 16.9 Å². The molecule has 0 saturated heterocycles. The zero-order valence-corrected chi connectivity index (χ0v) is 18.7. The van der Waals surface area contributed by atoms with Crippen LogP contribution in [0, 0.1) is 0 Å². The van der Waals surface area contributed by atoms with Crippen LogP contribution in [0.5, 0.6) is 5.75 Å². The number of hydrogen-bond acceptors (Lipinski definition) is 4. The number of nitrogens with zero attached hydrogens (tertiary/aromatic N) is 3. The summed E-state index contributed by atoms with van der Waals surface area (Å²) < 4.78 is 8.29. The van der Waals surface area contributed by atoms with E-state index >= 15 is 0 Å². The minimum Gasteiger partial charge on any atom is -0.491 e. The van der Waals surface area contributed by atoms with Crippen molar-refractivity contribution in [3.05, 3.63) is 90.0 Å².